The second-order valence-corrected chi connectivity index (χ2v) is 3.55. The van der Waals surface area contributed by atoms with Crippen LogP contribution < -0.4 is 0 Å². The molecule has 0 heterocycles. The molecule has 0 aliphatic carbocycles. The minimum absolute atomic E-state index is 0.557. The van der Waals surface area contributed by atoms with Crippen molar-refractivity contribution in [3.8, 4) is 0 Å². The maximum Gasteiger partial charge on any atom is 0.228 e. The monoisotopic (exact) mass is 196 g/mol. The van der Waals surface area contributed by atoms with E-state index in [1.54, 1.807) is 0 Å². The normalized spacial score (nSPS) is 13.8. The van der Waals surface area contributed by atoms with Gasteiger partial charge in [0.15, 0.2) is 0 Å². The van der Waals surface area contributed by atoms with Crippen molar-refractivity contribution in [1.29, 1.82) is 0 Å². The molecule has 0 aliphatic rings. The van der Waals surface area contributed by atoms with Crippen LogP contribution in [0.4, 0.5) is 0 Å². The van der Waals surface area contributed by atoms with Gasteiger partial charge in [0.2, 0.25) is 14.4 Å². The molecule has 0 bridgehead atoms. The van der Waals surface area contributed by atoms with Gasteiger partial charge < -0.3 is 18.9 Å². The van der Waals surface area contributed by atoms with Crippen LogP contribution in [0.15, 0.2) is 0 Å². The summed E-state index contributed by atoms with van der Waals surface area (Å²) in [5.41, 5.74) is 0. The standard InChI is InChI=1S/C7H17O4P/c1-4-5-6-11-12(8)7(9-2)10-3/h7-8H,4-6H2,1-3H3. The first-order chi connectivity index (χ1) is 5.76. The zero-order valence-corrected chi connectivity index (χ0v) is 8.71. The van der Waals surface area contributed by atoms with Gasteiger partial charge in [-0.2, -0.15) is 0 Å². The molecule has 12 heavy (non-hydrogen) atoms. The highest BCUT2D eigenvalue weighted by Gasteiger charge is 2.19. The van der Waals surface area contributed by atoms with Crippen LogP contribution in [0.1, 0.15) is 19.8 Å². The SMILES string of the molecule is CCCCOP(O)C(OC)OC. The lowest BCUT2D eigenvalue weighted by atomic mass is 10.4. The van der Waals surface area contributed by atoms with Gasteiger partial charge in [-0.25, -0.2) is 0 Å². The highest BCUT2D eigenvalue weighted by atomic mass is 31.2. The number of hydrogen-bond donors (Lipinski definition) is 1. The number of hydrogen-bond acceptors (Lipinski definition) is 4. The number of ether oxygens (including phenoxy) is 2. The lowest BCUT2D eigenvalue weighted by molar-refractivity contribution is -0.0525. The summed E-state index contributed by atoms with van der Waals surface area (Å²) < 4.78 is 14.7. The molecule has 74 valence electrons. The molecule has 0 aromatic carbocycles. The van der Waals surface area contributed by atoms with Crippen molar-refractivity contribution >= 4 is 8.38 Å². The Morgan fingerprint density at radius 1 is 1.33 bits per heavy atom. The fourth-order valence-electron chi connectivity index (χ4n) is 0.640. The molecule has 0 spiro atoms. The van der Waals surface area contributed by atoms with Crippen LogP contribution in [0.5, 0.6) is 0 Å². The first kappa shape index (κ1) is 12.3. The molecule has 0 aromatic heterocycles. The summed E-state index contributed by atoms with van der Waals surface area (Å²) in [6.07, 6.45) is 1.99. The average Bonchev–Trinajstić information content (AvgIpc) is 2.07. The van der Waals surface area contributed by atoms with E-state index in [1.165, 1.54) is 14.2 Å². The van der Waals surface area contributed by atoms with Crippen molar-refractivity contribution in [3.05, 3.63) is 0 Å². The Kier molecular flexibility index (Phi) is 8.07. The molecule has 0 rings (SSSR count). The van der Waals surface area contributed by atoms with E-state index in [0.29, 0.717) is 6.61 Å². The summed E-state index contributed by atoms with van der Waals surface area (Å²) in [5, 5.41) is 0. The Hall–Kier alpha value is 0.270. The zero-order chi connectivity index (χ0) is 9.40. The quantitative estimate of drug-likeness (QED) is 0.382. The van der Waals surface area contributed by atoms with E-state index in [2.05, 4.69) is 6.92 Å². The summed E-state index contributed by atoms with van der Waals surface area (Å²) >= 11 is 0. The van der Waals surface area contributed by atoms with Crippen molar-refractivity contribution in [2.24, 2.45) is 0 Å². The van der Waals surface area contributed by atoms with Gasteiger partial charge in [0.1, 0.15) is 0 Å². The van der Waals surface area contributed by atoms with Crippen LogP contribution in [-0.4, -0.2) is 31.8 Å². The van der Waals surface area contributed by atoms with Crippen molar-refractivity contribution in [1.82, 2.24) is 0 Å². The summed E-state index contributed by atoms with van der Waals surface area (Å²) in [6, 6.07) is -0.628. The zero-order valence-electron chi connectivity index (χ0n) is 7.82. The van der Waals surface area contributed by atoms with Gasteiger partial charge in [-0.15, -0.1) is 0 Å². The van der Waals surface area contributed by atoms with Gasteiger partial charge in [-0.3, -0.25) is 0 Å². The molecule has 1 N–H and O–H groups in total. The van der Waals surface area contributed by atoms with Gasteiger partial charge in [-0.05, 0) is 6.42 Å². The van der Waals surface area contributed by atoms with Crippen molar-refractivity contribution in [2.75, 3.05) is 20.8 Å². The Morgan fingerprint density at radius 3 is 2.33 bits per heavy atom. The fraction of sp³-hybridized carbons (Fsp3) is 1.00. The molecule has 5 heteroatoms. The number of methoxy groups -OCH3 is 2. The Morgan fingerprint density at radius 2 is 1.92 bits per heavy atom. The molecule has 0 radical (unpaired) electrons. The van der Waals surface area contributed by atoms with Crippen LogP contribution in [0.3, 0.4) is 0 Å². The average molecular weight is 196 g/mol. The van der Waals surface area contributed by atoms with Crippen molar-refractivity contribution < 1.29 is 18.9 Å². The lowest BCUT2D eigenvalue weighted by Crippen LogP contribution is -2.12. The van der Waals surface area contributed by atoms with E-state index in [0.717, 1.165) is 12.8 Å². The minimum Gasteiger partial charge on any atom is -0.348 e. The smallest absolute Gasteiger partial charge is 0.228 e. The molecule has 0 aliphatic heterocycles. The number of unbranched alkanes of at least 4 members (excludes halogenated alkanes) is 1. The third-order valence-electron chi connectivity index (χ3n) is 1.31. The van der Waals surface area contributed by atoms with Gasteiger partial charge in [0.25, 0.3) is 0 Å². The third kappa shape index (κ3) is 5.01. The predicted molar refractivity (Wildman–Crippen MR) is 47.8 cm³/mol. The Labute approximate surface area is 74.7 Å². The van der Waals surface area contributed by atoms with E-state index in [4.69, 9.17) is 14.0 Å². The molecule has 0 saturated heterocycles. The molecular weight excluding hydrogens is 179 g/mol. The Bertz CT molecular complexity index is 97.4. The molecule has 0 saturated carbocycles. The molecule has 0 fully saturated rings. The van der Waals surface area contributed by atoms with Gasteiger partial charge >= 0.3 is 0 Å². The summed E-state index contributed by atoms with van der Waals surface area (Å²) in [6.45, 7) is 2.62. The second-order valence-electron chi connectivity index (χ2n) is 2.27. The minimum atomic E-state index is -1.60. The topological polar surface area (TPSA) is 47.9 Å². The lowest BCUT2D eigenvalue weighted by Gasteiger charge is -2.18. The van der Waals surface area contributed by atoms with E-state index in [1.807, 2.05) is 0 Å². The van der Waals surface area contributed by atoms with Crippen molar-refractivity contribution in [2.45, 2.75) is 25.8 Å². The molecule has 1 atom stereocenters. The Balaban J connectivity index is 3.47. The van der Waals surface area contributed by atoms with Gasteiger partial charge in [0, 0.05) is 14.2 Å². The van der Waals surface area contributed by atoms with Crippen LogP contribution in [0.2, 0.25) is 0 Å². The van der Waals surface area contributed by atoms with E-state index >= 15 is 0 Å². The summed E-state index contributed by atoms with van der Waals surface area (Å²) in [4.78, 5) is 9.33. The fourth-order valence-corrected chi connectivity index (χ4v) is 1.44. The molecule has 0 aromatic rings. The molecule has 0 amide bonds. The third-order valence-corrected chi connectivity index (χ3v) is 2.53. The largest absolute Gasteiger partial charge is 0.348 e. The van der Waals surface area contributed by atoms with E-state index < -0.39 is 14.4 Å². The summed E-state index contributed by atoms with van der Waals surface area (Å²) in [5.74, 6) is 0. The molecular formula is C7H17O4P. The van der Waals surface area contributed by atoms with Crippen LogP contribution >= 0.6 is 8.38 Å². The highest BCUT2D eigenvalue weighted by Crippen LogP contribution is 2.38. The first-order valence-electron chi connectivity index (χ1n) is 3.92. The van der Waals surface area contributed by atoms with Crippen LogP contribution in [0.25, 0.3) is 0 Å². The van der Waals surface area contributed by atoms with Crippen LogP contribution in [0, 0.1) is 0 Å². The molecule has 1 unspecified atom stereocenters. The number of rotatable bonds is 7. The maximum absolute atomic E-state index is 9.33. The predicted octanol–water partition coefficient (Wildman–Crippen LogP) is 1.68. The van der Waals surface area contributed by atoms with Gasteiger partial charge in [-0.1, -0.05) is 13.3 Å². The summed E-state index contributed by atoms with van der Waals surface area (Å²) in [7, 11) is 1.35. The maximum atomic E-state index is 9.33. The molecule has 4 nitrogen and oxygen atoms in total. The van der Waals surface area contributed by atoms with E-state index in [-0.39, 0.29) is 0 Å². The van der Waals surface area contributed by atoms with Crippen LogP contribution in [-0.2, 0) is 14.0 Å². The first-order valence-corrected chi connectivity index (χ1v) is 5.21. The van der Waals surface area contributed by atoms with Crippen molar-refractivity contribution in [3.63, 3.8) is 0 Å². The second kappa shape index (κ2) is 7.90. The highest BCUT2D eigenvalue weighted by molar-refractivity contribution is 7.46. The van der Waals surface area contributed by atoms with E-state index in [9.17, 15) is 4.89 Å². The van der Waals surface area contributed by atoms with Gasteiger partial charge in [0.05, 0.1) is 6.61 Å².